The number of rotatable bonds is 3. The summed E-state index contributed by atoms with van der Waals surface area (Å²) in [5, 5.41) is 0. The average Bonchev–Trinajstić information content (AvgIpc) is 3.02. The Morgan fingerprint density at radius 1 is 1.17 bits per heavy atom. The number of amides is 1. The molecule has 0 bridgehead atoms. The number of hydrogen-bond acceptors (Lipinski definition) is 4. The molecule has 1 fully saturated rings. The lowest BCUT2D eigenvalue weighted by Crippen LogP contribution is -2.54. The van der Waals surface area contributed by atoms with Gasteiger partial charge >= 0.3 is 12.1 Å². The van der Waals surface area contributed by atoms with Gasteiger partial charge in [-0.05, 0) is 19.1 Å². The lowest BCUT2D eigenvalue weighted by atomic mass is 10.2. The van der Waals surface area contributed by atoms with Gasteiger partial charge in [0.2, 0.25) is 0 Å². The van der Waals surface area contributed by atoms with Gasteiger partial charge in [-0.15, -0.1) is 0 Å². The highest BCUT2D eigenvalue weighted by Gasteiger charge is 2.41. The summed E-state index contributed by atoms with van der Waals surface area (Å²) >= 11 is 0. The number of esters is 1. The average molecular weight is 333 g/mol. The van der Waals surface area contributed by atoms with E-state index in [-0.39, 0.29) is 43.5 Å². The Balaban J connectivity index is 1.96. The predicted octanol–water partition coefficient (Wildman–Crippen LogP) is 1.51. The molecule has 1 atom stereocenters. The lowest BCUT2D eigenvalue weighted by Gasteiger charge is -2.38. The first-order chi connectivity index (χ1) is 10.7. The fourth-order valence-corrected chi connectivity index (χ4v) is 2.44. The predicted molar refractivity (Wildman–Crippen MR) is 75.1 cm³/mol. The molecule has 2 heterocycles. The van der Waals surface area contributed by atoms with Gasteiger partial charge in [-0.2, -0.15) is 13.2 Å². The Kier molecular flexibility index (Phi) is 4.98. The second-order valence-corrected chi connectivity index (χ2v) is 5.32. The zero-order chi connectivity index (χ0) is 17.2. The zero-order valence-electron chi connectivity index (χ0n) is 12.8. The minimum atomic E-state index is -4.28. The number of hydrogen-bond donors (Lipinski definition) is 1. The fraction of sp³-hybridized carbons (Fsp3) is 0.571. The van der Waals surface area contributed by atoms with Crippen LogP contribution in [-0.4, -0.2) is 72.2 Å². The minimum Gasteiger partial charge on any atom is -0.464 e. The van der Waals surface area contributed by atoms with E-state index in [4.69, 9.17) is 0 Å². The Hall–Kier alpha value is -2.03. The van der Waals surface area contributed by atoms with Crippen molar-refractivity contribution in [1.29, 1.82) is 0 Å². The van der Waals surface area contributed by atoms with Gasteiger partial charge in [0.25, 0.3) is 5.91 Å². The van der Waals surface area contributed by atoms with E-state index >= 15 is 0 Å². The maximum atomic E-state index is 12.7. The summed E-state index contributed by atoms with van der Waals surface area (Å²) < 4.78 is 42.6. The molecule has 0 spiro atoms. The first kappa shape index (κ1) is 17.3. The summed E-state index contributed by atoms with van der Waals surface area (Å²) in [4.78, 5) is 29.1. The van der Waals surface area contributed by atoms with Crippen molar-refractivity contribution in [2.24, 2.45) is 0 Å². The number of alkyl halides is 3. The van der Waals surface area contributed by atoms with Crippen LogP contribution in [0.5, 0.6) is 0 Å². The summed E-state index contributed by atoms with van der Waals surface area (Å²) in [6.07, 6.45) is -4.28. The second-order valence-electron chi connectivity index (χ2n) is 5.32. The summed E-state index contributed by atoms with van der Waals surface area (Å²) in [6, 6.07) is 1.36. The van der Waals surface area contributed by atoms with Gasteiger partial charge in [-0.3, -0.25) is 9.69 Å². The third-order valence-electron chi connectivity index (χ3n) is 3.94. The molecule has 1 aromatic rings. The van der Waals surface area contributed by atoms with E-state index in [0.717, 1.165) is 6.92 Å². The van der Waals surface area contributed by atoms with Crippen molar-refractivity contribution in [2.45, 2.75) is 19.1 Å². The first-order valence-corrected chi connectivity index (χ1v) is 7.11. The van der Waals surface area contributed by atoms with Crippen LogP contribution >= 0.6 is 0 Å². The van der Waals surface area contributed by atoms with Crippen LogP contribution in [0.3, 0.4) is 0 Å². The number of aromatic nitrogens is 1. The largest absolute Gasteiger partial charge is 0.464 e. The third-order valence-corrected chi connectivity index (χ3v) is 3.94. The number of nitrogens with zero attached hydrogens (tertiary/aromatic N) is 2. The smallest absolute Gasteiger partial charge is 0.403 e. The molecule has 0 radical (unpaired) electrons. The van der Waals surface area contributed by atoms with Crippen LogP contribution in [-0.2, 0) is 4.74 Å². The van der Waals surface area contributed by atoms with Crippen molar-refractivity contribution < 1.29 is 27.5 Å². The third kappa shape index (κ3) is 3.84. The molecule has 23 heavy (non-hydrogen) atoms. The molecule has 1 aliphatic rings. The molecule has 1 N–H and O–H groups in total. The van der Waals surface area contributed by atoms with Crippen LogP contribution in [0.4, 0.5) is 13.2 Å². The summed E-state index contributed by atoms with van der Waals surface area (Å²) in [6.45, 7) is 1.82. The molecule has 1 aliphatic heterocycles. The van der Waals surface area contributed by atoms with E-state index in [2.05, 4.69) is 9.72 Å². The molecule has 0 unspecified atom stereocenters. The van der Waals surface area contributed by atoms with E-state index in [1.54, 1.807) is 0 Å². The maximum Gasteiger partial charge on any atom is 0.403 e. The Morgan fingerprint density at radius 2 is 1.74 bits per heavy atom. The maximum absolute atomic E-state index is 12.7. The molecule has 6 nitrogen and oxygen atoms in total. The normalized spacial score (nSPS) is 17.9. The van der Waals surface area contributed by atoms with Gasteiger partial charge in [0.15, 0.2) is 0 Å². The van der Waals surface area contributed by atoms with Crippen LogP contribution in [0.1, 0.15) is 27.9 Å². The molecule has 1 saturated heterocycles. The summed E-state index contributed by atoms with van der Waals surface area (Å²) in [5.74, 6) is -0.938. The van der Waals surface area contributed by atoms with E-state index in [1.165, 1.54) is 29.0 Å². The van der Waals surface area contributed by atoms with Crippen molar-refractivity contribution in [3.05, 3.63) is 23.5 Å². The van der Waals surface area contributed by atoms with Gasteiger partial charge in [-0.25, -0.2) is 4.79 Å². The molecular weight excluding hydrogens is 315 g/mol. The van der Waals surface area contributed by atoms with Gasteiger partial charge in [-0.1, -0.05) is 0 Å². The molecule has 9 heteroatoms. The van der Waals surface area contributed by atoms with Crippen molar-refractivity contribution in [3.63, 3.8) is 0 Å². The summed E-state index contributed by atoms with van der Waals surface area (Å²) in [5.41, 5.74) is 0.364. The van der Waals surface area contributed by atoms with Crippen LogP contribution in [0.25, 0.3) is 0 Å². The Morgan fingerprint density at radius 3 is 2.26 bits per heavy atom. The number of carbonyl (C=O) groups is 2. The molecule has 1 amide bonds. The van der Waals surface area contributed by atoms with Crippen molar-refractivity contribution in [1.82, 2.24) is 14.8 Å². The van der Waals surface area contributed by atoms with Gasteiger partial charge in [0.05, 0.1) is 7.11 Å². The van der Waals surface area contributed by atoms with Crippen molar-refractivity contribution >= 4 is 11.9 Å². The van der Waals surface area contributed by atoms with Gasteiger partial charge in [0.1, 0.15) is 17.4 Å². The molecule has 0 aliphatic carbocycles. The number of methoxy groups -OCH3 is 1. The monoisotopic (exact) mass is 333 g/mol. The number of nitrogens with one attached hydrogen (secondary N) is 1. The Labute approximate surface area is 131 Å². The zero-order valence-corrected chi connectivity index (χ0v) is 12.8. The highest BCUT2D eigenvalue weighted by atomic mass is 19.4. The van der Waals surface area contributed by atoms with Crippen LogP contribution in [0, 0.1) is 0 Å². The van der Waals surface area contributed by atoms with Crippen LogP contribution in [0.2, 0.25) is 0 Å². The highest BCUT2D eigenvalue weighted by Crippen LogP contribution is 2.25. The Bertz CT molecular complexity index is 577. The number of H-pyrrole nitrogens is 1. The molecule has 2 rings (SSSR count). The number of ether oxygens (including phenoxy) is 1. The number of piperazine rings is 1. The number of halogens is 3. The number of carbonyl (C=O) groups excluding carboxylic acids is 2. The first-order valence-electron chi connectivity index (χ1n) is 7.11. The van der Waals surface area contributed by atoms with E-state index in [0.29, 0.717) is 0 Å². The van der Waals surface area contributed by atoms with E-state index in [9.17, 15) is 22.8 Å². The molecule has 128 valence electrons. The second kappa shape index (κ2) is 6.61. The molecule has 1 aromatic heterocycles. The standard InChI is InChI=1S/C14H18F3N3O3/c1-9(14(15,16)17)19-5-7-20(8-6-19)12(21)10-3-4-11(18-10)13(22)23-2/h3-4,9,18H,5-8H2,1-2H3/t9-/m1/s1. The summed E-state index contributed by atoms with van der Waals surface area (Å²) in [7, 11) is 1.23. The minimum absolute atomic E-state index is 0.150. The van der Waals surface area contributed by atoms with Gasteiger partial charge in [0, 0.05) is 26.2 Å². The molecule has 0 aromatic carbocycles. The molecular formula is C14H18F3N3O3. The van der Waals surface area contributed by atoms with Crippen molar-refractivity contribution in [2.75, 3.05) is 33.3 Å². The van der Waals surface area contributed by atoms with Crippen LogP contribution < -0.4 is 0 Å². The lowest BCUT2D eigenvalue weighted by molar-refractivity contribution is -0.181. The SMILES string of the molecule is COC(=O)c1ccc(C(=O)N2CCN([C@H](C)C(F)(F)F)CC2)[nH]1. The van der Waals surface area contributed by atoms with Gasteiger partial charge < -0.3 is 14.6 Å². The fourth-order valence-electron chi connectivity index (χ4n) is 2.44. The number of aromatic amines is 1. The van der Waals surface area contributed by atoms with Crippen molar-refractivity contribution in [3.8, 4) is 0 Å². The molecule has 0 saturated carbocycles. The highest BCUT2D eigenvalue weighted by molar-refractivity contribution is 5.95. The topological polar surface area (TPSA) is 65.6 Å². The quantitative estimate of drug-likeness (QED) is 0.852. The van der Waals surface area contributed by atoms with Crippen LogP contribution in [0.15, 0.2) is 12.1 Å². The van der Waals surface area contributed by atoms with E-state index < -0.39 is 18.2 Å². The van der Waals surface area contributed by atoms with E-state index in [1.807, 2.05) is 0 Å².